The van der Waals surface area contributed by atoms with Gasteiger partial charge in [0.25, 0.3) is 0 Å². The van der Waals surface area contributed by atoms with E-state index in [2.05, 4.69) is 274 Å². The molecule has 12 nitrogen and oxygen atoms in total. The molecule has 0 unspecified atom stereocenters. The molecule has 4 N–H and O–H groups in total. The summed E-state index contributed by atoms with van der Waals surface area (Å²) in [6, 6.07) is 149. The number of aromatic nitrogens is 8. The Morgan fingerprint density at radius 2 is 0.363 bits per heavy atom. The first kappa shape index (κ1) is 80.7. The van der Waals surface area contributed by atoms with Crippen LogP contribution in [0.1, 0.15) is 20.7 Å². The van der Waals surface area contributed by atoms with E-state index in [4.69, 9.17) is 19.9 Å². The Morgan fingerprint density at radius 3 is 0.593 bits per heavy atom. The van der Waals surface area contributed by atoms with Crippen molar-refractivity contribution in [3.05, 3.63) is 448 Å². The molecular weight excluding hydrogens is 1750 g/mol. The van der Waals surface area contributed by atoms with Crippen molar-refractivity contribution in [2.24, 2.45) is 0 Å². The topological polar surface area (TPSA) is 168 Å². The Bertz CT molecular complexity index is 8510. The SMILES string of the molecule is O=C(O)c1c2nc(c(-c3ccccc3)c3[nH]c(c(-c4ccccc4)c4nc(c(-c5ccccc5)c5c6ccccc6c1n5-c1ccccc1)-c1ccccc1-4)c1ccccc31)-c1ccccc1-2.O=C(O)c1c2nc(c(-c3ccccc3)c3[nH]c(c(-c4ccccc4)c4nc(c(-c5ccccc5)c5c6ccccc6c1n5-c1ccccc1)-c1ccccc1-4)c1ccccc31)-c1ccccc1-2.[Pd]. The fraction of sp³-hybridized carbons (Fsp3) is 0. The number of nitrogens with one attached hydrogen (secondary N) is 2. The van der Waals surface area contributed by atoms with E-state index in [1.807, 2.05) is 182 Å². The normalized spacial score (nSPS) is 11.6. The van der Waals surface area contributed by atoms with Gasteiger partial charge in [-0.05, 0) is 57.6 Å². The first-order valence-electron chi connectivity index (χ1n) is 44.9. The Morgan fingerprint density at radius 1 is 0.193 bits per heavy atom. The predicted molar refractivity (Wildman–Crippen MR) is 546 cm³/mol. The van der Waals surface area contributed by atoms with Crippen molar-refractivity contribution in [1.29, 1.82) is 0 Å². The second-order valence-corrected chi connectivity index (χ2v) is 33.9. The molecule has 4 aliphatic rings. The van der Waals surface area contributed by atoms with Gasteiger partial charge in [-0.15, -0.1) is 0 Å². The number of aromatic amines is 2. The van der Waals surface area contributed by atoms with Gasteiger partial charge >= 0.3 is 11.9 Å². The largest absolute Gasteiger partial charge is 0.478 e. The number of benzene rings is 16. The molecule has 16 aromatic carbocycles. The van der Waals surface area contributed by atoms with E-state index >= 15 is 0 Å². The zero-order valence-corrected chi connectivity index (χ0v) is 73.8. The maximum Gasteiger partial charge on any atom is 0.340 e. The molecule has 0 aliphatic carbocycles. The van der Waals surface area contributed by atoms with Crippen LogP contribution in [0.2, 0.25) is 0 Å². The maximum absolute atomic E-state index is 14.6. The van der Waals surface area contributed by atoms with Crippen LogP contribution in [0.3, 0.4) is 0 Å². The predicted octanol–water partition coefficient (Wildman–Crippen LogP) is 30.9. The molecule has 638 valence electrons. The van der Waals surface area contributed by atoms with Gasteiger partial charge in [0, 0.05) is 153 Å². The number of nitrogens with zero attached hydrogens (tertiary/aromatic N) is 6. The molecule has 22 aromatic rings. The van der Waals surface area contributed by atoms with Crippen LogP contribution in [-0.2, 0) is 20.4 Å². The minimum absolute atomic E-state index is 0. The van der Waals surface area contributed by atoms with E-state index in [0.29, 0.717) is 33.8 Å². The second kappa shape index (κ2) is 33.1. The number of H-pyrrole nitrogens is 2. The minimum Gasteiger partial charge on any atom is -0.478 e. The number of carboxylic acid groups (broad SMARTS) is 2. The summed E-state index contributed by atoms with van der Waals surface area (Å²) in [5.41, 5.74) is 31.8. The van der Waals surface area contributed by atoms with Crippen LogP contribution in [-0.4, -0.2) is 61.2 Å². The summed E-state index contributed by atoms with van der Waals surface area (Å²) in [5.74, 6) is -2.17. The third-order valence-electron chi connectivity index (χ3n) is 26.5. The van der Waals surface area contributed by atoms with Gasteiger partial charge < -0.3 is 29.3 Å². The first-order chi connectivity index (χ1) is 66.3. The van der Waals surface area contributed by atoms with E-state index in [-0.39, 0.29) is 31.5 Å². The summed E-state index contributed by atoms with van der Waals surface area (Å²) < 4.78 is 4.28. The van der Waals surface area contributed by atoms with Crippen LogP contribution in [0.25, 0.3) is 255 Å². The summed E-state index contributed by atoms with van der Waals surface area (Å²) in [7, 11) is 0. The number of fused-ring (bicyclic) bond motifs is 40. The number of carbonyl (C=O) groups is 2. The van der Waals surface area contributed by atoms with Crippen molar-refractivity contribution >= 4 is 99.2 Å². The maximum atomic E-state index is 14.6. The van der Waals surface area contributed by atoms with E-state index in [9.17, 15) is 19.8 Å². The van der Waals surface area contributed by atoms with Gasteiger partial charge in [-0.1, -0.05) is 413 Å². The Kier molecular flexibility index (Phi) is 19.8. The van der Waals surface area contributed by atoms with Gasteiger partial charge in [0.05, 0.1) is 89.7 Å². The van der Waals surface area contributed by atoms with Crippen molar-refractivity contribution < 1.29 is 40.2 Å². The van der Waals surface area contributed by atoms with Gasteiger partial charge in [-0.2, -0.15) is 0 Å². The molecule has 135 heavy (non-hydrogen) atoms. The number of rotatable bonds is 10. The Labute approximate surface area is 788 Å². The number of hydrogen-bond acceptors (Lipinski definition) is 6. The van der Waals surface area contributed by atoms with Crippen molar-refractivity contribution in [1.82, 2.24) is 39.0 Å². The summed E-state index contributed by atoms with van der Waals surface area (Å²) in [4.78, 5) is 60.2. The summed E-state index contributed by atoms with van der Waals surface area (Å²) in [5, 5.41) is 31.2. The standard InChI is InChI=1S/2C61H38N4O2.Pd/c2*66-61(67)52-58-46-34-18-16-32-44(46)56(64-58)50(38-23-7-2-8-24-38)54-42-30-14-13-29-41(42)53(62-54)49(37-21-5-1-6-22-37)55-43-31-15-17-33-45(43)57(63-55)51(39-25-9-3-10-26-39)59-47-35-19-20-36-48(47)60(52)65(59)40-27-11-4-12-28-40;/h2*1-36,62H,(H,66,67);. The first-order valence-corrected chi connectivity index (χ1v) is 44.9. The van der Waals surface area contributed by atoms with E-state index in [1.54, 1.807) is 0 Å². The monoisotopic (exact) mass is 1820 g/mol. The number of carboxylic acids is 2. The molecule has 4 aliphatic heterocycles. The molecule has 0 saturated carbocycles. The van der Waals surface area contributed by atoms with Crippen LogP contribution in [0.4, 0.5) is 0 Å². The van der Waals surface area contributed by atoms with Gasteiger partial charge in [0.15, 0.2) is 0 Å². The van der Waals surface area contributed by atoms with Crippen LogP contribution in [0.15, 0.2) is 437 Å². The molecule has 6 aromatic heterocycles. The Balaban J connectivity index is 0.000000147. The second-order valence-electron chi connectivity index (χ2n) is 33.9. The smallest absolute Gasteiger partial charge is 0.340 e. The van der Waals surface area contributed by atoms with Crippen molar-refractivity contribution in [3.63, 3.8) is 0 Å². The molecule has 0 amide bonds. The van der Waals surface area contributed by atoms with Crippen LogP contribution in [0, 0.1) is 0 Å². The molecule has 0 atom stereocenters. The zero-order valence-electron chi connectivity index (χ0n) is 72.3. The van der Waals surface area contributed by atoms with Gasteiger partial charge in [-0.25, -0.2) is 29.5 Å². The third-order valence-corrected chi connectivity index (χ3v) is 26.5. The number of aromatic carboxylic acids is 2. The van der Waals surface area contributed by atoms with Gasteiger partial charge in [0.1, 0.15) is 11.1 Å². The van der Waals surface area contributed by atoms with Gasteiger partial charge in [-0.3, -0.25) is 0 Å². The van der Waals surface area contributed by atoms with Crippen molar-refractivity contribution in [2.75, 3.05) is 0 Å². The molecule has 13 heteroatoms. The molecule has 0 fully saturated rings. The summed E-state index contributed by atoms with van der Waals surface area (Å²) >= 11 is 0. The minimum atomic E-state index is -1.08. The third kappa shape index (κ3) is 13.0. The average molecular weight is 1820 g/mol. The fourth-order valence-corrected chi connectivity index (χ4v) is 21.0. The summed E-state index contributed by atoms with van der Waals surface area (Å²) in [6.07, 6.45) is 0. The molecule has 0 radical (unpaired) electrons. The van der Waals surface area contributed by atoms with Crippen LogP contribution >= 0.6 is 0 Å². The quantitative estimate of drug-likeness (QED) is 0.0982. The van der Waals surface area contributed by atoms with Crippen LogP contribution in [0.5, 0.6) is 0 Å². The van der Waals surface area contributed by atoms with E-state index < -0.39 is 11.9 Å². The van der Waals surface area contributed by atoms with Crippen molar-refractivity contribution in [2.45, 2.75) is 0 Å². The molecule has 10 heterocycles. The Hall–Kier alpha value is -17.6. The van der Waals surface area contributed by atoms with Crippen LogP contribution < -0.4 is 0 Å². The fourth-order valence-electron chi connectivity index (χ4n) is 21.0. The van der Waals surface area contributed by atoms with Crippen molar-refractivity contribution in [3.8, 4) is 168 Å². The number of para-hydroxylation sites is 2. The molecule has 0 saturated heterocycles. The van der Waals surface area contributed by atoms with E-state index in [1.165, 1.54) is 0 Å². The van der Waals surface area contributed by atoms with E-state index in [0.717, 1.165) is 222 Å². The average Bonchev–Trinajstić information content (AvgIpc) is 1.56. The zero-order chi connectivity index (χ0) is 89.2. The summed E-state index contributed by atoms with van der Waals surface area (Å²) in [6.45, 7) is 0. The number of hydrogen-bond donors (Lipinski definition) is 4. The van der Waals surface area contributed by atoms with Gasteiger partial charge in [0.2, 0.25) is 0 Å². The molecular formula is C122H76N8O4Pd. The molecule has 16 bridgehead atoms. The molecule has 0 spiro atoms. The molecule has 26 rings (SSSR count).